The van der Waals surface area contributed by atoms with Crippen LogP contribution in [-0.4, -0.2) is 18.1 Å². The van der Waals surface area contributed by atoms with E-state index in [2.05, 4.69) is 25.2 Å². The van der Waals surface area contributed by atoms with Gasteiger partial charge in [0, 0.05) is 23.4 Å². The largest absolute Gasteiger partial charge is 0.309 e. The Balaban J connectivity index is 2.40. The van der Waals surface area contributed by atoms with Gasteiger partial charge < -0.3 is 5.32 Å². The second kappa shape index (κ2) is 7.15. The third-order valence-electron chi connectivity index (χ3n) is 2.27. The first-order valence-corrected chi connectivity index (χ1v) is 6.84. The molecule has 0 aliphatic rings. The Morgan fingerprint density at radius 1 is 1.40 bits per heavy atom. The van der Waals surface area contributed by atoms with Crippen LogP contribution in [-0.2, 0) is 0 Å². The van der Waals surface area contributed by atoms with Crippen molar-refractivity contribution in [1.29, 1.82) is 0 Å². The van der Waals surface area contributed by atoms with Crippen LogP contribution in [0.1, 0.15) is 25.5 Å². The molecule has 1 atom stereocenters. The highest BCUT2D eigenvalue weighted by Gasteiger charge is 2.07. The average Bonchev–Trinajstić information content (AvgIpc) is 2.25. The lowest BCUT2D eigenvalue weighted by atomic mass is 10.1. The fourth-order valence-electron chi connectivity index (χ4n) is 1.43. The molecule has 0 radical (unpaired) electrons. The van der Waals surface area contributed by atoms with Gasteiger partial charge in [0.15, 0.2) is 0 Å². The summed E-state index contributed by atoms with van der Waals surface area (Å²) in [4.78, 5) is 0. The standard InChI is InChI=1S/C12H18ClNS/c1-3-15-9-8-14-10(2)11-6-4-5-7-12(11)13/h4-7,10,14H,3,8-9H2,1-2H3/t10-/m0/s1. The molecule has 0 aliphatic carbocycles. The van der Waals surface area contributed by atoms with Gasteiger partial charge in [0.2, 0.25) is 0 Å². The zero-order valence-electron chi connectivity index (χ0n) is 9.29. The molecular weight excluding hydrogens is 226 g/mol. The molecule has 1 nitrogen and oxygen atoms in total. The normalized spacial score (nSPS) is 12.7. The van der Waals surface area contributed by atoms with Crippen LogP contribution in [0.25, 0.3) is 0 Å². The van der Waals surface area contributed by atoms with Crippen LogP contribution in [0.2, 0.25) is 5.02 Å². The molecule has 0 aliphatic heterocycles. The molecule has 0 amide bonds. The predicted octanol–water partition coefficient (Wildman–Crippen LogP) is 3.74. The Bertz CT molecular complexity index is 291. The number of nitrogens with one attached hydrogen (secondary N) is 1. The molecule has 1 N–H and O–H groups in total. The SMILES string of the molecule is CCSCCN[C@@H](C)c1ccccc1Cl. The summed E-state index contributed by atoms with van der Waals surface area (Å²) >= 11 is 8.07. The number of hydrogen-bond donors (Lipinski definition) is 1. The molecule has 0 spiro atoms. The molecule has 0 saturated carbocycles. The minimum atomic E-state index is 0.330. The van der Waals surface area contributed by atoms with Crippen molar-refractivity contribution >= 4 is 23.4 Å². The van der Waals surface area contributed by atoms with E-state index >= 15 is 0 Å². The lowest BCUT2D eigenvalue weighted by Gasteiger charge is -2.15. The molecule has 0 bridgehead atoms. The van der Waals surface area contributed by atoms with Crippen LogP contribution in [0.3, 0.4) is 0 Å². The van der Waals surface area contributed by atoms with Crippen molar-refractivity contribution in [3.8, 4) is 0 Å². The first kappa shape index (κ1) is 12.9. The number of rotatable bonds is 6. The lowest BCUT2D eigenvalue weighted by Crippen LogP contribution is -2.21. The number of benzene rings is 1. The van der Waals surface area contributed by atoms with Crippen LogP contribution in [0.5, 0.6) is 0 Å². The predicted molar refractivity (Wildman–Crippen MR) is 70.9 cm³/mol. The Hall–Kier alpha value is -0.180. The van der Waals surface area contributed by atoms with E-state index in [1.807, 2.05) is 30.0 Å². The third kappa shape index (κ3) is 4.45. The third-order valence-corrected chi connectivity index (χ3v) is 3.52. The van der Waals surface area contributed by atoms with Crippen molar-refractivity contribution in [3.05, 3.63) is 34.9 Å². The Morgan fingerprint density at radius 2 is 2.13 bits per heavy atom. The minimum absolute atomic E-state index is 0.330. The highest BCUT2D eigenvalue weighted by Crippen LogP contribution is 2.21. The van der Waals surface area contributed by atoms with E-state index in [1.165, 1.54) is 11.3 Å². The summed E-state index contributed by atoms with van der Waals surface area (Å²) < 4.78 is 0. The molecule has 3 heteroatoms. The van der Waals surface area contributed by atoms with Crippen LogP contribution >= 0.6 is 23.4 Å². The van der Waals surface area contributed by atoms with Gasteiger partial charge in [-0.15, -0.1) is 0 Å². The molecule has 1 aromatic carbocycles. The van der Waals surface area contributed by atoms with Crippen LogP contribution in [0, 0.1) is 0 Å². The fourth-order valence-corrected chi connectivity index (χ4v) is 2.28. The topological polar surface area (TPSA) is 12.0 Å². The molecule has 0 saturated heterocycles. The van der Waals surface area contributed by atoms with Gasteiger partial charge in [0.1, 0.15) is 0 Å². The Labute approximate surface area is 102 Å². The summed E-state index contributed by atoms with van der Waals surface area (Å²) in [6.45, 7) is 5.37. The molecule has 15 heavy (non-hydrogen) atoms. The van der Waals surface area contributed by atoms with Crippen molar-refractivity contribution < 1.29 is 0 Å². The zero-order valence-corrected chi connectivity index (χ0v) is 10.9. The minimum Gasteiger partial charge on any atom is -0.309 e. The zero-order chi connectivity index (χ0) is 11.1. The van der Waals surface area contributed by atoms with Crippen molar-refractivity contribution in [1.82, 2.24) is 5.32 Å². The average molecular weight is 244 g/mol. The summed E-state index contributed by atoms with van der Waals surface area (Å²) in [5.74, 6) is 2.34. The van der Waals surface area contributed by atoms with Gasteiger partial charge in [-0.05, 0) is 24.3 Å². The van der Waals surface area contributed by atoms with Gasteiger partial charge in [-0.3, -0.25) is 0 Å². The van der Waals surface area contributed by atoms with Crippen LogP contribution < -0.4 is 5.32 Å². The number of hydrogen-bond acceptors (Lipinski definition) is 2. The highest BCUT2D eigenvalue weighted by molar-refractivity contribution is 7.99. The first-order valence-electron chi connectivity index (χ1n) is 5.31. The second-order valence-electron chi connectivity index (χ2n) is 3.39. The Kier molecular flexibility index (Phi) is 6.15. The number of thioether (sulfide) groups is 1. The van der Waals surface area contributed by atoms with Gasteiger partial charge in [-0.25, -0.2) is 0 Å². The van der Waals surface area contributed by atoms with Gasteiger partial charge >= 0.3 is 0 Å². The summed E-state index contributed by atoms with van der Waals surface area (Å²) in [6, 6.07) is 8.34. The van der Waals surface area contributed by atoms with E-state index in [0.717, 1.165) is 17.3 Å². The van der Waals surface area contributed by atoms with E-state index in [-0.39, 0.29) is 0 Å². The van der Waals surface area contributed by atoms with Gasteiger partial charge in [-0.1, -0.05) is 36.7 Å². The van der Waals surface area contributed by atoms with Gasteiger partial charge in [0.25, 0.3) is 0 Å². The maximum absolute atomic E-state index is 6.11. The summed E-state index contributed by atoms with van der Waals surface area (Å²) in [7, 11) is 0. The van der Waals surface area contributed by atoms with Crippen LogP contribution in [0.4, 0.5) is 0 Å². The molecule has 84 valence electrons. The van der Waals surface area contributed by atoms with E-state index in [1.54, 1.807) is 0 Å². The molecule has 1 aromatic rings. The van der Waals surface area contributed by atoms with Crippen molar-refractivity contribution in [2.24, 2.45) is 0 Å². The van der Waals surface area contributed by atoms with Crippen molar-refractivity contribution in [2.75, 3.05) is 18.1 Å². The molecular formula is C12H18ClNS. The number of halogens is 1. The second-order valence-corrected chi connectivity index (χ2v) is 5.20. The van der Waals surface area contributed by atoms with E-state index < -0.39 is 0 Å². The summed E-state index contributed by atoms with van der Waals surface area (Å²) in [5.41, 5.74) is 1.18. The first-order chi connectivity index (χ1) is 7.25. The smallest absolute Gasteiger partial charge is 0.0453 e. The fraction of sp³-hybridized carbons (Fsp3) is 0.500. The monoisotopic (exact) mass is 243 g/mol. The van der Waals surface area contributed by atoms with Crippen molar-refractivity contribution in [2.45, 2.75) is 19.9 Å². The molecule has 0 unspecified atom stereocenters. The summed E-state index contributed by atoms with van der Waals surface area (Å²) in [6.07, 6.45) is 0. The Morgan fingerprint density at radius 3 is 2.80 bits per heavy atom. The molecule has 1 rings (SSSR count). The van der Waals surface area contributed by atoms with Crippen molar-refractivity contribution in [3.63, 3.8) is 0 Å². The van der Waals surface area contributed by atoms with E-state index in [4.69, 9.17) is 11.6 Å². The van der Waals surface area contributed by atoms with E-state index in [0.29, 0.717) is 6.04 Å². The highest BCUT2D eigenvalue weighted by atomic mass is 35.5. The van der Waals surface area contributed by atoms with Crippen LogP contribution in [0.15, 0.2) is 24.3 Å². The van der Waals surface area contributed by atoms with Gasteiger partial charge in [-0.2, -0.15) is 11.8 Å². The maximum atomic E-state index is 6.11. The summed E-state index contributed by atoms with van der Waals surface area (Å²) in [5, 5.41) is 4.32. The van der Waals surface area contributed by atoms with Gasteiger partial charge in [0.05, 0.1) is 0 Å². The van der Waals surface area contributed by atoms with E-state index in [9.17, 15) is 0 Å². The lowest BCUT2D eigenvalue weighted by molar-refractivity contribution is 0.601. The molecule has 0 aromatic heterocycles. The maximum Gasteiger partial charge on any atom is 0.0453 e. The molecule has 0 fully saturated rings. The molecule has 0 heterocycles. The quantitative estimate of drug-likeness (QED) is 0.764.